The molecule has 84 valence electrons. The van der Waals surface area contributed by atoms with Crippen molar-refractivity contribution in [3.8, 4) is 0 Å². The summed E-state index contributed by atoms with van der Waals surface area (Å²) in [6.07, 6.45) is -5.33. The highest BCUT2D eigenvalue weighted by atomic mass is 79.9. The first kappa shape index (κ1) is 12.3. The van der Waals surface area contributed by atoms with Crippen LogP contribution in [0.5, 0.6) is 0 Å². The van der Waals surface area contributed by atoms with Crippen molar-refractivity contribution in [1.29, 1.82) is 0 Å². The number of rotatable bonds is 2. The van der Waals surface area contributed by atoms with E-state index in [4.69, 9.17) is 14.6 Å². The van der Waals surface area contributed by atoms with Crippen LogP contribution in [0.2, 0.25) is 0 Å². The fourth-order valence-electron chi connectivity index (χ4n) is 1.25. The Kier molecular flexibility index (Phi) is 3.87. The highest BCUT2D eigenvalue weighted by molar-refractivity contribution is 9.10. The number of hydrogen-bond acceptors (Lipinski definition) is 6. The average molecular weight is 273 g/mol. The summed E-state index contributed by atoms with van der Waals surface area (Å²) in [5.41, 5.74) is 0. The first-order valence-electron chi connectivity index (χ1n) is 4.01. The molecule has 14 heavy (non-hydrogen) atoms. The SMILES string of the molecule is CO[C@H]1OC(Br)(CO)[C@H](O)[C@H](O)[C@@H]1O. The maximum Gasteiger partial charge on any atom is 0.187 e. The normalized spacial score (nSPS) is 49.3. The molecule has 0 spiro atoms. The van der Waals surface area contributed by atoms with Crippen LogP contribution in [0.15, 0.2) is 0 Å². The predicted molar refractivity (Wildman–Crippen MR) is 48.6 cm³/mol. The molecule has 7 heteroatoms. The molecule has 6 nitrogen and oxygen atoms in total. The van der Waals surface area contributed by atoms with Gasteiger partial charge in [-0.05, 0) is 15.9 Å². The van der Waals surface area contributed by atoms with Crippen LogP contribution in [0.25, 0.3) is 0 Å². The molecule has 1 heterocycles. The van der Waals surface area contributed by atoms with Gasteiger partial charge in [-0.15, -0.1) is 0 Å². The van der Waals surface area contributed by atoms with Crippen molar-refractivity contribution in [2.24, 2.45) is 0 Å². The highest BCUT2D eigenvalue weighted by Gasteiger charge is 2.52. The summed E-state index contributed by atoms with van der Waals surface area (Å²) in [6, 6.07) is 0. The average Bonchev–Trinajstić information content (AvgIpc) is 2.20. The summed E-state index contributed by atoms with van der Waals surface area (Å²) in [4.78, 5) is 0. The van der Waals surface area contributed by atoms with Gasteiger partial charge in [-0.25, -0.2) is 0 Å². The van der Waals surface area contributed by atoms with Crippen LogP contribution in [0, 0.1) is 0 Å². The number of halogens is 1. The Morgan fingerprint density at radius 1 is 1.36 bits per heavy atom. The van der Waals surface area contributed by atoms with Crippen molar-refractivity contribution in [3.63, 3.8) is 0 Å². The standard InChI is InChI=1S/C7H13BrO6/c1-13-6-4(11)3(10)5(12)7(8,2-9)14-6/h3-6,9-12H,2H2,1H3/t3-,4+,5-,6+,7?/m1/s1. The Balaban J connectivity index is 2.84. The first-order valence-corrected chi connectivity index (χ1v) is 4.80. The summed E-state index contributed by atoms with van der Waals surface area (Å²) in [6.45, 7) is -0.558. The first-order chi connectivity index (χ1) is 6.46. The zero-order valence-corrected chi connectivity index (χ0v) is 9.09. The van der Waals surface area contributed by atoms with Gasteiger partial charge in [-0.1, -0.05) is 0 Å². The van der Waals surface area contributed by atoms with Gasteiger partial charge in [0.15, 0.2) is 10.8 Å². The van der Waals surface area contributed by atoms with E-state index in [2.05, 4.69) is 15.9 Å². The lowest BCUT2D eigenvalue weighted by Gasteiger charge is -2.44. The predicted octanol–water partition coefficient (Wildman–Crippen LogP) is -1.84. The molecule has 1 fully saturated rings. The maximum atomic E-state index is 9.48. The lowest BCUT2D eigenvalue weighted by molar-refractivity contribution is -0.303. The van der Waals surface area contributed by atoms with E-state index < -0.39 is 35.7 Å². The van der Waals surface area contributed by atoms with E-state index in [1.54, 1.807) is 0 Å². The van der Waals surface area contributed by atoms with Crippen molar-refractivity contribution in [1.82, 2.24) is 0 Å². The lowest BCUT2D eigenvalue weighted by Crippen LogP contribution is -2.63. The summed E-state index contributed by atoms with van der Waals surface area (Å²) >= 11 is 2.94. The van der Waals surface area contributed by atoms with Crippen molar-refractivity contribution in [2.75, 3.05) is 13.7 Å². The van der Waals surface area contributed by atoms with Gasteiger partial charge in [0.05, 0.1) is 6.61 Å². The molecular weight excluding hydrogens is 260 g/mol. The molecule has 0 aromatic rings. The minimum atomic E-state index is -1.51. The van der Waals surface area contributed by atoms with Gasteiger partial charge in [0.25, 0.3) is 0 Å². The Morgan fingerprint density at radius 2 is 1.93 bits per heavy atom. The van der Waals surface area contributed by atoms with Gasteiger partial charge in [-0.2, -0.15) is 0 Å². The van der Waals surface area contributed by atoms with E-state index in [1.807, 2.05) is 0 Å². The van der Waals surface area contributed by atoms with Crippen molar-refractivity contribution in [3.05, 3.63) is 0 Å². The van der Waals surface area contributed by atoms with E-state index >= 15 is 0 Å². The van der Waals surface area contributed by atoms with Gasteiger partial charge < -0.3 is 29.9 Å². The summed E-state index contributed by atoms with van der Waals surface area (Å²) in [7, 11) is 1.28. The zero-order chi connectivity index (χ0) is 10.9. The van der Waals surface area contributed by atoms with Gasteiger partial charge in [0.2, 0.25) is 0 Å². The van der Waals surface area contributed by atoms with Gasteiger partial charge >= 0.3 is 0 Å². The minimum Gasteiger partial charge on any atom is -0.392 e. The molecule has 1 aliphatic rings. The van der Waals surface area contributed by atoms with E-state index in [0.717, 1.165) is 0 Å². The van der Waals surface area contributed by atoms with Crippen LogP contribution < -0.4 is 0 Å². The third kappa shape index (κ3) is 1.94. The third-order valence-corrected chi connectivity index (χ3v) is 3.06. The molecule has 4 N–H and O–H groups in total. The number of ether oxygens (including phenoxy) is 2. The molecule has 0 aromatic heterocycles. The monoisotopic (exact) mass is 272 g/mol. The van der Waals surface area contributed by atoms with E-state index in [-0.39, 0.29) is 0 Å². The lowest BCUT2D eigenvalue weighted by atomic mass is 9.99. The van der Waals surface area contributed by atoms with Gasteiger partial charge in [0, 0.05) is 7.11 Å². The molecule has 1 unspecified atom stereocenters. The van der Waals surface area contributed by atoms with Crippen LogP contribution in [-0.2, 0) is 9.47 Å². The van der Waals surface area contributed by atoms with Crippen LogP contribution in [-0.4, -0.2) is 63.3 Å². The number of methoxy groups -OCH3 is 1. The van der Waals surface area contributed by atoms with E-state index in [0.29, 0.717) is 0 Å². The number of aliphatic hydroxyl groups excluding tert-OH is 4. The zero-order valence-electron chi connectivity index (χ0n) is 7.50. The molecule has 1 rings (SSSR count). The van der Waals surface area contributed by atoms with Crippen LogP contribution in [0.1, 0.15) is 0 Å². The Labute approximate surface area is 89.2 Å². The largest absolute Gasteiger partial charge is 0.392 e. The van der Waals surface area contributed by atoms with Crippen molar-refractivity contribution in [2.45, 2.75) is 29.1 Å². The quantitative estimate of drug-likeness (QED) is 0.441. The minimum absolute atomic E-state index is 0.558. The fraction of sp³-hybridized carbons (Fsp3) is 1.00. The molecule has 0 bridgehead atoms. The molecule has 0 radical (unpaired) electrons. The number of hydrogen-bond donors (Lipinski definition) is 4. The number of aliphatic hydroxyl groups is 4. The molecule has 1 aliphatic heterocycles. The second-order valence-corrected chi connectivity index (χ2v) is 4.43. The van der Waals surface area contributed by atoms with E-state index in [1.165, 1.54) is 7.11 Å². The number of alkyl halides is 1. The second-order valence-electron chi connectivity index (χ2n) is 3.09. The molecule has 0 aromatic carbocycles. The van der Waals surface area contributed by atoms with Crippen LogP contribution in [0.4, 0.5) is 0 Å². The molecule has 0 amide bonds. The topological polar surface area (TPSA) is 99.4 Å². The summed E-state index contributed by atoms with van der Waals surface area (Å²) < 4.78 is 8.28. The van der Waals surface area contributed by atoms with Crippen molar-refractivity contribution < 1.29 is 29.9 Å². The Morgan fingerprint density at radius 3 is 2.36 bits per heavy atom. The molecule has 0 aliphatic carbocycles. The molecular formula is C7H13BrO6. The highest BCUT2D eigenvalue weighted by Crippen LogP contribution is 2.34. The van der Waals surface area contributed by atoms with Gasteiger partial charge in [-0.3, -0.25) is 0 Å². The maximum absolute atomic E-state index is 9.48. The van der Waals surface area contributed by atoms with Crippen LogP contribution in [0.3, 0.4) is 0 Å². The Bertz CT molecular complexity index is 201. The summed E-state index contributed by atoms with van der Waals surface area (Å²) in [5.74, 6) is 0. The van der Waals surface area contributed by atoms with Crippen LogP contribution >= 0.6 is 15.9 Å². The smallest absolute Gasteiger partial charge is 0.187 e. The van der Waals surface area contributed by atoms with Gasteiger partial charge in [0.1, 0.15) is 18.3 Å². The second kappa shape index (κ2) is 4.40. The van der Waals surface area contributed by atoms with Crippen molar-refractivity contribution >= 4 is 15.9 Å². The fourth-order valence-corrected chi connectivity index (χ4v) is 1.71. The molecule has 5 atom stereocenters. The van der Waals surface area contributed by atoms with E-state index in [9.17, 15) is 15.3 Å². The molecule has 0 saturated carbocycles. The third-order valence-electron chi connectivity index (χ3n) is 2.15. The Hall–Kier alpha value is 0.240. The summed E-state index contributed by atoms with van der Waals surface area (Å²) in [5, 5.41) is 37.2. The molecule has 1 saturated heterocycles.